The van der Waals surface area contributed by atoms with Crippen molar-refractivity contribution in [2.75, 3.05) is 40.6 Å². The first-order valence-corrected chi connectivity index (χ1v) is 9.29. The maximum absolute atomic E-state index is 13.7. The van der Waals surface area contributed by atoms with Gasteiger partial charge in [0.2, 0.25) is 0 Å². The van der Waals surface area contributed by atoms with Crippen molar-refractivity contribution in [2.24, 2.45) is 9.98 Å². The molecule has 0 bridgehead atoms. The summed E-state index contributed by atoms with van der Waals surface area (Å²) in [7, 11) is 3.24. The van der Waals surface area contributed by atoms with Gasteiger partial charge in [-0.2, -0.15) is 0 Å². The molecular formula is C21H22FN3O4. The lowest BCUT2D eigenvalue weighted by molar-refractivity contribution is 0.132. The van der Waals surface area contributed by atoms with E-state index in [1.165, 1.54) is 12.1 Å². The Morgan fingerprint density at radius 1 is 0.931 bits per heavy atom. The molecule has 7 nitrogen and oxygen atoms in total. The quantitative estimate of drug-likeness (QED) is 0.637. The van der Waals surface area contributed by atoms with Crippen LogP contribution >= 0.6 is 0 Å². The Bertz CT molecular complexity index is 961. The standard InChI is InChI=1S/C21H22FN3O4/c1-26-5-7-28-19-10-16-18(11-20(19)29-8-6-27-2)23-13-25-12-14-3-4-15(22)9-17(14)24-21(16)25/h3-4,9-11,13H,5-8,12H2,1-2H3. The Morgan fingerprint density at radius 3 is 2.38 bits per heavy atom. The molecule has 0 radical (unpaired) electrons. The summed E-state index contributed by atoms with van der Waals surface area (Å²) in [5.41, 5.74) is 3.08. The molecule has 152 valence electrons. The molecule has 8 heteroatoms. The summed E-state index contributed by atoms with van der Waals surface area (Å²) in [6, 6.07) is 8.33. The van der Waals surface area contributed by atoms with Crippen LogP contribution in [0.4, 0.5) is 15.8 Å². The fourth-order valence-electron chi connectivity index (χ4n) is 3.18. The molecule has 29 heavy (non-hydrogen) atoms. The molecule has 0 spiro atoms. The van der Waals surface area contributed by atoms with Crippen LogP contribution in [0.15, 0.2) is 40.3 Å². The monoisotopic (exact) mass is 399 g/mol. The maximum atomic E-state index is 13.7. The summed E-state index contributed by atoms with van der Waals surface area (Å²) in [6.07, 6.45) is 1.73. The van der Waals surface area contributed by atoms with Crippen LogP contribution < -0.4 is 9.47 Å². The number of amidine groups is 1. The molecule has 0 amide bonds. The van der Waals surface area contributed by atoms with Gasteiger partial charge in [0, 0.05) is 25.8 Å². The van der Waals surface area contributed by atoms with Gasteiger partial charge in [0.1, 0.15) is 24.9 Å². The normalized spacial score (nSPS) is 14.0. The highest BCUT2D eigenvalue weighted by molar-refractivity contribution is 6.12. The molecular weight excluding hydrogens is 377 g/mol. The van der Waals surface area contributed by atoms with Crippen molar-refractivity contribution in [1.29, 1.82) is 0 Å². The number of rotatable bonds is 8. The summed E-state index contributed by atoms with van der Waals surface area (Å²) < 4.78 is 35.5. The number of hydrogen-bond donors (Lipinski definition) is 0. The van der Waals surface area contributed by atoms with E-state index in [-0.39, 0.29) is 5.82 Å². The topological polar surface area (TPSA) is 64.9 Å². The average Bonchev–Trinajstić information content (AvgIpc) is 2.73. The first kappa shape index (κ1) is 19.4. The summed E-state index contributed by atoms with van der Waals surface area (Å²) in [6.45, 7) is 2.25. The molecule has 0 atom stereocenters. The van der Waals surface area contributed by atoms with Crippen molar-refractivity contribution in [2.45, 2.75) is 6.54 Å². The highest BCUT2D eigenvalue weighted by atomic mass is 19.1. The van der Waals surface area contributed by atoms with Crippen LogP contribution in [-0.2, 0) is 16.0 Å². The zero-order valence-corrected chi connectivity index (χ0v) is 16.4. The van der Waals surface area contributed by atoms with Gasteiger partial charge in [0.25, 0.3) is 0 Å². The molecule has 0 fully saturated rings. The molecule has 2 aliphatic heterocycles. The lowest BCUT2D eigenvalue weighted by atomic mass is 10.0. The molecule has 2 aromatic rings. The van der Waals surface area contributed by atoms with Crippen molar-refractivity contribution in [3.63, 3.8) is 0 Å². The first-order valence-electron chi connectivity index (χ1n) is 9.29. The largest absolute Gasteiger partial charge is 0.487 e. The van der Waals surface area contributed by atoms with Crippen LogP contribution in [0.1, 0.15) is 11.1 Å². The van der Waals surface area contributed by atoms with Crippen LogP contribution in [0.2, 0.25) is 0 Å². The van der Waals surface area contributed by atoms with Gasteiger partial charge in [-0.05, 0) is 23.8 Å². The van der Waals surface area contributed by atoms with Gasteiger partial charge >= 0.3 is 0 Å². The molecule has 2 aromatic carbocycles. The predicted octanol–water partition coefficient (Wildman–Crippen LogP) is 3.44. The van der Waals surface area contributed by atoms with Gasteiger partial charge < -0.3 is 23.8 Å². The third-order valence-corrected chi connectivity index (χ3v) is 4.62. The van der Waals surface area contributed by atoms with E-state index in [2.05, 4.69) is 9.98 Å². The number of fused-ring (bicyclic) bond motifs is 4. The molecule has 2 heterocycles. The fourth-order valence-corrected chi connectivity index (χ4v) is 3.18. The fraction of sp³-hybridized carbons (Fsp3) is 0.333. The second-order valence-corrected chi connectivity index (χ2v) is 6.58. The molecule has 0 aliphatic carbocycles. The van der Waals surface area contributed by atoms with Gasteiger partial charge in [-0.3, -0.25) is 0 Å². The number of nitrogens with zero attached hydrogens (tertiary/aromatic N) is 3. The highest BCUT2D eigenvalue weighted by Gasteiger charge is 2.27. The molecule has 0 aromatic heterocycles. The minimum absolute atomic E-state index is 0.309. The SMILES string of the molecule is COCCOc1cc2c(cc1OCCOC)C1=Nc3cc(F)ccc3CN1C=N2. The second kappa shape index (κ2) is 8.59. The molecule has 0 N–H and O–H groups in total. The smallest absolute Gasteiger partial charge is 0.163 e. The predicted molar refractivity (Wildman–Crippen MR) is 107 cm³/mol. The highest BCUT2D eigenvalue weighted by Crippen LogP contribution is 2.40. The lowest BCUT2D eigenvalue weighted by Crippen LogP contribution is -2.34. The van der Waals surface area contributed by atoms with E-state index in [0.717, 1.165) is 11.1 Å². The number of methoxy groups -OCH3 is 2. The first-order chi connectivity index (χ1) is 14.2. The van der Waals surface area contributed by atoms with E-state index in [4.69, 9.17) is 18.9 Å². The number of aliphatic imine (C=N–C) groups is 2. The lowest BCUT2D eigenvalue weighted by Gasteiger charge is -2.30. The Morgan fingerprint density at radius 2 is 1.66 bits per heavy atom. The van der Waals surface area contributed by atoms with Crippen molar-refractivity contribution < 1.29 is 23.3 Å². The Labute approximate surface area is 168 Å². The third kappa shape index (κ3) is 4.08. The van der Waals surface area contributed by atoms with Crippen molar-refractivity contribution >= 4 is 23.5 Å². The van der Waals surface area contributed by atoms with E-state index in [1.807, 2.05) is 17.0 Å². The number of benzene rings is 2. The molecule has 0 unspecified atom stereocenters. The van der Waals surface area contributed by atoms with Crippen molar-refractivity contribution in [3.8, 4) is 11.5 Å². The van der Waals surface area contributed by atoms with Gasteiger partial charge in [-0.25, -0.2) is 14.4 Å². The Balaban J connectivity index is 1.72. The molecule has 0 saturated heterocycles. The van der Waals surface area contributed by atoms with E-state index >= 15 is 0 Å². The summed E-state index contributed by atoms with van der Waals surface area (Å²) in [5.74, 6) is 1.54. The van der Waals surface area contributed by atoms with E-state index in [9.17, 15) is 4.39 Å². The van der Waals surface area contributed by atoms with Crippen LogP contribution in [-0.4, -0.2) is 57.7 Å². The zero-order chi connectivity index (χ0) is 20.2. The minimum Gasteiger partial charge on any atom is -0.487 e. The average molecular weight is 399 g/mol. The van der Waals surface area contributed by atoms with Gasteiger partial charge in [-0.1, -0.05) is 6.07 Å². The van der Waals surface area contributed by atoms with E-state index < -0.39 is 0 Å². The second-order valence-electron chi connectivity index (χ2n) is 6.58. The Kier molecular flexibility index (Phi) is 5.73. The minimum atomic E-state index is -0.309. The molecule has 4 rings (SSSR count). The molecule has 0 saturated carbocycles. The summed E-state index contributed by atoms with van der Waals surface area (Å²) in [4.78, 5) is 11.2. The van der Waals surface area contributed by atoms with Crippen molar-refractivity contribution in [3.05, 3.63) is 47.3 Å². The van der Waals surface area contributed by atoms with E-state index in [1.54, 1.807) is 26.6 Å². The van der Waals surface area contributed by atoms with Crippen LogP contribution in [0, 0.1) is 5.82 Å². The van der Waals surface area contributed by atoms with E-state index in [0.29, 0.717) is 61.7 Å². The molecule has 2 aliphatic rings. The van der Waals surface area contributed by atoms with Crippen molar-refractivity contribution in [1.82, 2.24) is 4.90 Å². The van der Waals surface area contributed by atoms with Gasteiger partial charge in [0.05, 0.1) is 37.5 Å². The number of ether oxygens (including phenoxy) is 4. The number of hydrogen-bond acceptors (Lipinski definition) is 7. The van der Waals surface area contributed by atoms with Gasteiger partial charge in [-0.15, -0.1) is 0 Å². The summed E-state index contributed by atoms with van der Waals surface area (Å²) in [5, 5.41) is 0. The van der Waals surface area contributed by atoms with Crippen LogP contribution in [0.3, 0.4) is 0 Å². The summed E-state index contributed by atoms with van der Waals surface area (Å²) >= 11 is 0. The van der Waals surface area contributed by atoms with Crippen LogP contribution in [0.25, 0.3) is 0 Å². The zero-order valence-electron chi connectivity index (χ0n) is 16.4. The number of halogens is 1. The van der Waals surface area contributed by atoms with Crippen LogP contribution in [0.5, 0.6) is 11.5 Å². The maximum Gasteiger partial charge on any atom is 0.163 e. The Hall–Kier alpha value is -2.97. The third-order valence-electron chi connectivity index (χ3n) is 4.62. The van der Waals surface area contributed by atoms with Gasteiger partial charge in [0.15, 0.2) is 11.5 Å².